The van der Waals surface area contributed by atoms with E-state index in [0.717, 1.165) is 6.42 Å². The summed E-state index contributed by atoms with van der Waals surface area (Å²) in [6, 6.07) is 4.38. The van der Waals surface area contributed by atoms with E-state index in [1.165, 1.54) is 12.1 Å². The van der Waals surface area contributed by atoms with Crippen molar-refractivity contribution in [1.29, 1.82) is 0 Å². The lowest BCUT2D eigenvalue weighted by molar-refractivity contribution is 0.0532. The van der Waals surface area contributed by atoms with Gasteiger partial charge in [-0.1, -0.05) is 13.8 Å². The van der Waals surface area contributed by atoms with Gasteiger partial charge in [0, 0.05) is 22.7 Å². The number of benzene rings is 1. The molecule has 0 spiro atoms. The fourth-order valence-corrected chi connectivity index (χ4v) is 3.09. The predicted octanol–water partition coefficient (Wildman–Crippen LogP) is 2.63. The third-order valence-corrected chi connectivity index (χ3v) is 4.65. The molecule has 5 heteroatoms. The molecule has 0 bridgehead atoms. The van der Waals surface area contributed by atoms with Crippen molar-refractivity contribution < 1.29 is 9.18 Å². The summed E-state index contributed by atoms with van der Waals surface area (Å²) in [4.78, 5) is 14.3. The molecule has 1 saturated heterocycles. The number of likely N-dealkylation sites (tertiary alicyclic amines) is 1. The number of carbonyl (C=O) groups excluding carboxylic acids is 1. The van der Waals surface area contributed by atoms with Crippen molar-refractivity contribution in [2.24, 2.45) is 11.1 Å². The smallest absolute Gasteiger partial charge is 0.254 e. The van der Waals surface area contributed by atoms with Crippen LogP contribution in [0, 0.1) is 14.8 Å². The van der Waals surface area contributed by atoms with Gasteiger partial charge < -0.3 is 10.6 Å². The Morgan fingerprint density at radius 3 is 2.79 bits per heavy atom. The Bertz CT molecular complexity index is 504. The van der Waals surface area contributed by atoms with Crippen molar-refractivity contribution in [3.8, 4) is 0 Å². The van der Waals surface area contributed by atoms with Gasteiger partial charge in [0.2, 0.25) is 0 Å². The van der Waals surface area contributed by atoms with E-state index in [9.17, 15) is 9.18 Å². The number of hydrogen-bond acceptors (Lipinski definition) is 2. The first-order chi connectivity index (χ1) is 8.81. The Balaban J connectivity index is 2.21. The van der Waals surface area contributed by atoms with Crippen molar-refractivity contribution in [3.05, 3.63) is 33.1 Å². The van der Waals surface area contributed by atoms with Crippen LogP contribution in [0.5, 0.6) is 0 Å². The van der Waals surface area contributed by atoms with Crippen LogP contribution >= 0.6 is 22.6 Å². The molecule has 0 aliphatic carbocycles. The maximum atomic E-state index is 13.1. The number of nitrogens with zero attached hydrogens (tertiary/aromatic N) is 1. The van der Waals surface area contributed by atoms with Gasteiger partial charge in [-0.25, -0.2) is 4.39 Å². The summed E-state index contributed by atoms with van der Waals surface area (Å²) in [6.45, 7) is 5.46. The van der Waals surface area contributed by atoms with Crippen LogP contribution in [0.25, 0.3) is 0 Å². The molecule has 0 radical (unpaired) electrons. The molecule has 2 N–H and O–H groups in total. The van der Waals surface area contributed by atoms with Gasteiger partial charge >= 0.3 is 0 Å². The standard InChI is InChI=1S/C14H18FIN2O/c1-14(2)8-18(6-5-12(14)17)13(19)10-4-3-9(15)7-11(10)16/h3-4,7,12H,5-6,8,17H2,1-2H3. The molecule has 1 unspecified atom stereocenters. The Morgan fingerprint density at radius 2 is 2.21 bits per heavy atom. The fourth-order valence-electron chi connectivity index (χ4n) is 2.38. The molecule has 0 aromatic heterocycles. The van der Waals surface area contributed by atoms with Gasteiger partial charge in [0.1, 0.15) is 5.82 Å². The first-order valence-electron chi connectivity index (χ1n) is 6.31. The molecule has 1 aliphatic heterocycles. The lowest BCUT2D eigenvalue weighted by atomic mass is 9.79. The Hall–Kier alpha value is -0.690. The molecular weight excluding hydrogens is 358 g/mol. The summed E-state index contributed by atoms with van der Waals surface area (Å²) in [5, 5.41) is 0. The van der Waals surface area contributed by atoms with Gasteiger partial charge in [-0.3, -0.25) is 4.79 Å². The maximum absolute atomic E-state index is 13.1. The van der Waals surface area contributed by atoms with E-state index in [4.69, 9.17) is 5.73 Å². The number of carbonyl (C=O) groups is 1. The molecule has 0 saturated carbocycles. The molecule has 19 heavy (non-hydrogen) atoms. The van der Waals surface area contributed by atoms with E-state index >= 15 is 0 Å². The largest absolute Gasteiger partial charge is 0.338 e. The summed E-state index contributed by atoms with van der Waals surface area (Å²) in [6.07, 6.45) is 0.802. The lowest BCUT2D eigenvalue weighted by Gasteiger charge is -2.42. The molecule has 1 aromatic rings. The zero-order chi connectivity index (χ0) is 14.2. The van der Waals surface area contributed by atoms with E-state index in [1.54, 1.807) is 6.07 Å². The highest BCUT2D eigenvalue weighted by Crippen LogP contribution is 2.29. The molecule has 3 nitrogen and oxygen atoms in total. The summed E-state index contributed by atoms with van der Waals surface area (Å²) in [7, 11) is 0. The van der Waals surface area contributed by atoms with Gasteiger partial charge in [-0.05, 0) is 52.6 Å². The predicted molar refractivity (Wildman–Crippen MR) is 81.4 cm³/mol. The van der Waals surface area contributed by atoms with Gasteiger partial charge in [-0.15, -0.1) is 0 Å². The van der Waals surface area contributed by atoms with Crippen LogP contribution in [0.1, 0.15) is 30.6 Å². The molecular formula is C14H18FIN2O. The molecule has 1 amide bonds. The SMILES string of the molecule is CC1(C)CN(C(=O)c2ccc(F)cc2I)CCC1N. The van der Waals surface area contributed by atoms with Crippen molar-refractivity contribution in [3.63, 3.8) is 0 Å². The van der Waals surface area contributed by atoms with Crippen molar-refractivity contribution in [2.45, 2.75) is 26.3 Å². The number of rotatable bonds is 1. The molecule has 1 heterocycles. The topological polar surface area (TPSA) is 46.3 Å². The van der Waals surface area contributed by atoms with E-state index in [2.05, 4.69) is 13.8 Å². The minimum absolute atomic E-state index is 0.0376. The Kier molecular flexibility index (Phi) is 4.15. The maximum Gasteiger partial charge on any atom is 0.254 e. The zero-order valence-corrected chi connectivity index (χ0v) is 13.3. The summed E-state index contributed by atoms with van der Waals surface area (Å²) in [5.41, 5.74) is 6.55. The van der Waals surface area contributed by atoms with E-state index in [0.29, 0.717) is 22.2 Å². The molecule has 2 rings (SSSR count). The van der Waals surface area contributed by atoms with Gasteiger partial charge in [-0.2, -0.15) is 0 Å². The number of halogens is 2. The quantitative estimate of drug-likeness (QED) is 0.767. The van der Waals surface area contributed by atoms with E-state index in [1.807, 2.05) is 27.5 Å². The zero-order valence-electron chi connectivity index (χ0n) is 11.1. The van der Waals surface area contributed by atoms with Crippen LogP contribution in [0.2, 0.25) is 0 Å². The summed E-state index contributed by atoms with van der Waals surface area (Å²) in [5.74, 6) is -0.355. The second-order valence-corrected chi connectivity index (χ2v) is 6.90. The third-order valence-electron chi connectivity index (χ3n) is 3.76. The summed E-state index contributed by atoms with van der Waals surface area (Å²) < 4.78 is 13.7. The van der Waals surface area contributed by atoms with Crippen LogP contribution < -0.4 is 5.73 Å². The number of amides is 1. The molecule has 1 fully saturated rings. The average Bonchev–Trinajstić information content (AvgIpc) is 2.32. The van der Waals surface area contributed by atoms with Crippen LogP contribution in [0.3, 0.4) is 0 Å². The number of nitrogens with two attached hydrogens (primary N) is 1. The highest BCUT2D eigenvalue weighted by molar-refractivity contribution is 14.1. The fraction of sp³-hybridized carbons (Fsp3) is 0.500. The Morgan fingerprint density at radius 1 is 1.53 bits per heavy atom. The first kappa shape index (κ1) is 14.7. The van der Waals surface area contributed by atoms with E-state index < -0.39 is 0 Å². The highest BCUT2D eigenvalue weighted by atomic mass is 127. The first-order valence-corrected chi connectivity index (χ1v) is 7.39. The lowest BCUT2D eigenvalue weighted by Crippen LogP contribution is -2.54. The minimum atomic E-state index is -0.318. The number of hydrogen-bond donors (Lipinski definition) is 1. The minimum Gasteiger partial charge on any atom is -0.338 e. The van der Waals surface area contributed by atoms with E-state index in [-0.39, 0.29) is 23.2 Å². The van der Waals surface area contributed by atoms with Crippen LogP contribution in [0.4, 0.5) is 4.39 Å². The van der Waals surface area contributed by atoms with Crippen molar-refractivity contribution >= 4 is 28.5 Å². The van der Waals surface area contributed by atoms with Crippen LogP contribution in [-0.2, 0) is 0 Å². The average molecular weight is 376 g/mol. The second kappa shape index (κ2) is 5.36. The summed E-state index contributed by atoms with van der Waals surface area (Å²) >= 11 is 2.00. The van der Waals surface area contributed by atoms with Crippen molar-refractivity contribution in [2.75, 3.05) is 13.1 Å². The molecule has 104 valence electrons. The molecule has 1 atom stereocenters. The molecule has 1 aromatic carbocycles. The Labute approximate surface area is 126 Å². The third kappa shape index (κ3) is 3.08. The highest BCUT2D eigenvalue weighted by Gasteiger charge is 2.35. The number of piperidine rings is 1. The van der Waals surface area contributed by atoms with Gasteiger partial charge in [0.05, 0.1) is 5.56 Å². The van der Waals surface area contributed by atoms with Crippen LogP contribution in [0.15, 0.2) is 18.2 Å². The van der Waals surface area contributed by atoms with Crippen molar-refractivity contribution in [1.82, 2.24) is 4.90 Å². The molecule has 1 aliphatic rings. The van der Waals surface area contributed by atoms with Gasteiger partial charge in [0.15, 0.2) is 0 Å². The second-order valence-electron chi connectivity index (χ2n) is 5.73. The van der Waals surface area contributed by atoms with Gasteiger partial charge in [0.25, 0.3) is 5.91 Å². The monoisotopic (exact) mass is 376 g/mol. The normalized spacial score (nSPS) is 22.4. The van der Waals surface area contributed by atoms with Crippen LogP contribution in [-0.4, -0.2) is 29.9 Å².